The molecule has 2 aromatic heterocycles. The molecule has 0 amide bonds. The van der Waals surface area contributed by atoms with Gasteiger partial charge in [0.15, 0.2) is 5.65 Å². The zero-order valence-corrected chi connectivity index (χ0v) is 8.48. The van der Waals surface area contributed by atoms with E-state index in [2.05, 4.69) is 15.1 Å². The minimum absolute atomic E-state index is 0.0433. The topological polar surface area (TPSA) is 89.9 Å². The fourth-order valence-corrected chi connectivity index (χ4v) is 1.97. The van der Waals surface area contributed by atoms with Crippen LogP contribution in [0, 0.1) is 0 Å². The summed E-state index contributed by atoms with van der Waals surface area (Å²) in [5.74, 6) is 0.429. The Bertz CT molecular complexity index is 561. The molecule has 0 unspecified atom stereocenters. The molecule has 6 heteroatoms. The SMILES string of the molecule is Nc1ncnc2c1cnn2[C@H]1C=C[C@@H](O)C1. The summed E-state index contributed by atoms with van der Waals surface area (Å²) in [6.07, 6.45) is 7.00. The fourth-order valence-electron chi connectivity index (χ4n) is 1.97. The Morgan fingerprint density at radius 3 is 3.00 bits per heavy atom. The van der Waals surface area contributed by atoms with Crippen LogP contribution in [0.3, 0.4) is 0 Å². The maximum atomic E-state index is 9.44. The molecule has 16 heavy (non-hydrogen) atoms. The second kappa shape index (κ2) is 3.28. The largest absolute Gasteiger partial charge is 0.389 e. The molecule has 3 rings (SSSR count). The van der Waals surface area contributed by atoms with E-state index in [-0.39, 0.29) is 6.04 Å². The van der Waals surface area contributed by atoms with Crippen LogP contribution >= 0.6 is 0 Å². The molecule has 0 aliphatic heterocycles. The van der Waals surface area contributed by atoms with Crippen LogP contribution < -0.4 is 5.73 Å². The average Bonchev–Trinajstić information content (AvgIpc) is 2.84. The summed E-state index contributed by atoms with van der Waals surface area (Å²) in [5.41, 5.74) is 6.43. The molecule has 3 N–H and O–H groups in total. The van der Waals surface area contributed by atoms with Gasteiger partial charge >= 0.3 is 0 Å². The molecule has 0 aromatic carbocycles. The van der Waals surface area contributed by atoms with Crippen molar-refractivity contribution in [2.75, 3.05) is 5.73 Å². The van der Waals surface area contributed by atoms with Crippen LogP contribution in [0.5, 0.6) is 0 Å². The highest BCUT2D eigenvalue weighted by Crippen LogP contribution is 2.26. The van der Waals surface area contributed by atoms with Gasteiger partial charge in [-0.2, -0.15) is 5.10 Å². The molecule has 2 aromatic rings. The zero-order valence-electron chi connectivity index (χ0n) is 8.48. The lowest BCUT2D eigenvalue weighted by molar-refractivity contribution is 0.209. The van der Waals surface area contributed by atoms with E-state index in [1.165, 1.54) is 6.33 Å². The third-order valence-electron chi connectivity index (χ3n) is 2.77. The highest BCUT2D eigenvalue weighted by molar-refractivity contribution is 5.84. The van der Waals surface area contributed by atoms with Gasteiger partial charge in [-0.05, 0) is 0 Å². The van der Waals surface area contributed by atoms with Gasteiger partial charge in [-0.1, -0.05) is 12.2 Å². The minimum atomic E-state index is -0.400. The molecule has 1 aliphatic carbocycles. The number of aromatic nitrogens is 4. The van der Waals surface area contributed by atoms with Crippen molar-refractivity contribution in [3.8, 4) is 0 Å². The van der Waals surface area contributed by atoms with Gasteiger partial charge in [-0.25, -0.2) is 14.6 Å². The zero-order chi connectivity index (χ0) is 11.1. The molecule has 6 nitrogen and oxygen atoms in total. The van der Waals surface area contributed by atoms with E-state index in [0.717, 1.165) is 5.39 Å². The molecular formula is C10H11N5O. The second-order valence-electron chi connectivity index (χ2n) is 3.84. The van der Waals surface area contributed by atoms with Crippen LogP contribution in [-0.4, -0.2) is 31.0 Å². The van der Waals surface area contributed by atoms with Crippen molar-refractivity contribution in [3.63, 3.8) is 0 Å². The van der Waals surface area contributed by atoms with Crippen LogP contribution in [0.2, 0.25) is 0 Å². The van der Waals surface area contributed by atoms with E-state index in [1.807, 2.05) is 6.08 Å². The predicted molar refractivity (Wildman–Crippen MR) is 58.5 cm³/mol. The third-order valence-corrected chi connectivity index (χ3v) is 2.77. The van der Waals surface area contributed by atoms with E-state index >= 15 is 0 Å². The van der Waals surface area contributed by atoms with Crippen LogP contribution in [0.25, 0.3) is 11.0 Å². The average molecular weight is 217 g/mol. The van der Waals surface area contributed by atoms with Gasteiger partial charge in [0.2, 0.25) is 0 Å². The molecular weight excluding hydrogens is 206 g/mol. The Labute approximate surface area is 91.4 Å². The smallest absolute Gasteiger partial charge is 0.163 e. The van der Waals surface area contributed by atoms with Crippen molar-refractivity contribution >= 4 is 16.9 Å². The van der Waals surface area contributed by atoms with Gasteiger partial charge in [0.05, 0.1) is 23.7 Å². The second-order valence-corrected chi connectivity index (χ2v) is 3.84. The number of nitrogens with two attached hydrogens (primary N) is 1. The molecule has 0 radical (unpaired) electrons. The summed E-state index contributed by atoms with van der Waals surface area (Å²) >= 11 is 0. The van der Waals surface area contributed by atoms with Crippen LogP contribution in [0.4, 0.5) is 5.82 Å². The Morgan fingerprint density at radius 2 is 2.25 bits per heavy atom. The lowest BCUT2D eigenvalue weighted by Gasteiger charge is -2.10. The number of fused-ring (bicyclic) bond motifs is 1. The van der Waals surface area contributed by atoms with Crippen LogP contribution in [-0.2, 0) is 0 Å². The quantitative estimate of drug-likeness (QED) is 0.669. The summed E-state index contributed by atoms with van der Waals surface area (Å²) in [6.45, 7) is 0. The molecule has 2 atom stereocenters. The number of hydrogen-bond acceptors (Lipinski definition) is 5. The molecule has 0 fully saturated rings. The molecule has 2 heterocycles. The molecule has 0 saturated heterocycles. The van der Waals surface area contributed by atoms with E-state index in [9.17, 15) is 5.11 Å². The highest BCUT2D eigenvalue weighted by atomic mass is 16.3. The summed E-state index contributed by atoms with van der Waals surface area (Å²) in [6, 6.07) is 0.0433. The first-order valence-corrected chi connectivity index (χ1v) is 5.06. The maximum Gasteiger partial charge on any atom is 0.163 e. The van der Waals surface area contributed by atoms with Crippen molar-refractivity contribution in [2.45, 2.75) is 18.6 Å². The maximum absolute atomic E-state index is 9.44. The van der Waals surface area contributed by atoms with Crippen LogP contribution in [0.15, 0.2) is 24.7 Å². The summed E-state index contributed by atoms with van der Waals surface area (Å²) in [4.78, 5) is 8.07. The lowest BCUT2D eigenvalue weighted by Crippen LogP contribution is -2.10. The van der Waals surface area contributed by atoms with Gasteiger partial charge < -0.3 is 10.8 Å². The monoisotopic (exact) mass is 217 g/mol. The number of aliphatic hydroxyl groups is 1. The molecule has 0 saturated carbocycles. The van der Waals surface area contributed by atoms with E-state index in [0.29, 0.717) is 17.9 Å². The number of anilines is 1. The van der Waals surface area contributed by atoms with Gasteiger partial charge in [0.1, 0.15) is 12.1 Å². The van der Waals surface area contributed by atoms with Gasteiger partial charge in [0, 0.05) is 6.42 Å². The number of allylic oxidation sites excluding steroid dienone is 1. The first-order chi connectivity index (χ1) is 7.75. The Hall–Kier alpha value is -1.95. The van der Waals surface area contributed by atoms with Gasteiger partial charge in [-0.3, -0.25) is 0 Å². The highest BCUT2D eigenvalue weighted by Gasteiger charge is 2.21. The Balaban J connectivity index is 2.12. The fraction of sp³-hybridized carbons (Fsp3) is 0.300. The third kappa shape index (κ3) is 1.27. The number of nitrogens with zero attached hydrogens (tertiary/aromatic N) is 4. The summed E-state index contributed by atoms with van der Waals surface area (Å²) < 4.78 is 1.76. The minimum Gasteiger partial charge on any atom is -0.389 e. The summed E-state index contributed by atoms with van der Waals surface area (Å²) in [7, 11) is 0. The van der Waals surface area contributed by atoms with Crippen LogP contribution in [0.1, 0.15) is 12.5 Å². The Kier molecular flexibility index (Phi) is 1.90. The number of rotatable bonds is 1. The molecule has 82 valence electrons. The normalized spacial score (nSPS) is 24.3. The van der Waals surface area contributed by atoms with Crippen molar-refractivity contribution in [3.05, 3.63) is 24.7 Å². The van der Waals surface area contributed by atoms with E-state index in [4.69, 9.17) is 5.73 Å². The molecule has 1 aliphatic rings. The number of hydrogen-bond donors (Lipinski definition) is 2. The first-order valence-electron chi connectivity index (χ1n) is 5.06. The van der Waals surface area contributed by atoms with Gasteiger partial charge in [0.25, 0.3) is 0 Å². The number of aliphatic hydroxyl groups excluding tert-OH is 1. The van der Waals surface area contributed by atoms with Crippen molar-refractivity contribution < 1.29 is 5.11 Å². The predicted octanol–water partition coefficient (Wildman–Crippen LogP) is 0.270. The van der Waals surface area contributed by atoms with Gasteiger partial charge in [-0.15, -0.1) is 0 Å². The van der Waals surface area contributed by atoms with Crippen molar-refractivity contribution in [1.82, 2.24) is 19.7 Å². The first kappa shape index (κ1) is 9.29. The van der Waals surface area contributed by atoms with Crippen molar-refractivity contribution in [1.29, 1.82) is 0 Å². The standard InChI is InChI=1S/C10H11N5O/c11-9-8-4-14-15(10(8)13-5-12-9)6-1-2-7(16)3-6/h1-2,4-7,16H,3H2,(H2,11,12,13)/t6-,7+/m0/s1. The van der Waals surface area contributed by atoms with E-state index in [1.54, 1.807) is 17.0 Å². The van der Waals surface area contributed by atoms with Crippen molar-refractivity contribution in [2.24, 2.45) is 0 Å². The molecule has 0 bridgehead atoms. The van der Waals surface area contributed by atoms with E-state index < -0.39 is 6.10 Å². The Morgan fingerprint density at radius 1 is 1.38 bits per heavy atom. The number of nitrogen functional groups attached to an aromatic ring is 1. The molecule has 0 spiro atoms. The lowest BCUT2D eigenvalue weighted by atomic mass is 10.2. The summed E-state index contributed by atoms with van der Waals surface area (Å²) in [5, 5.41) is 14.4.